The Hall–Kier alpha value is -0.870. The summed E-state index contributed by atoms with van der Waals surface area (Å²) in [6, 6.07) is 0. The average molecular weight is 227 g/mol. The summed E-state index contributed by atoms with van der Waals surface area (Å²) >= 11 is 0. The van der Waals surface area contributed by atoms with Crippen LogP contribution in [0.2, 0.25) is 0 Å². The minimum Gasteiger partial charge on any atom is -0.463 e. The number of ether oxygens (including phenoxy) is 1. The quantitative estimate of drug-likeness (QED) is 0.574. The highest BCUT2D eigenvalue weighted by atomic mass is 16.5. The summed E-state index contributed by atoms with van der Waals surface area (Å²) in [4.78, 5) is 13.5. The van der Waals surface area contributed by atoms with Gasteiger partial charge in [0.15, 0.2) is 0 Å². The molecule has 0 radical (unpaired) electrons. The summed E-state index contributed by atoms with van der Waals surface area (Å²) in [6.45, 7) is 9.87. The molecule has 0 unspecified atom stereocenters. The number of hydrogen-bond donors (Lipinski definition) is 1. The molecule has 0 spiro atoms. The van der Waals surface area contributed by atoms with Gasteiger partial charge in [-0.1, -0.05) is 6.58 Å². The van der Waals surface area contributed by atoms with E-state index in [1.807, 2.05) is 6.92 Å². The maximum absolute atomic E-state index is 11.3. The van der Waals surface area contributed by atoms with E-state index in [2.05, 4.69) is 11.5 Å². The van der Waals surface area contributed by atoms with Crippen LogP contribution < -0.4 is 0 Å². The van der Waals surface area contributed by atoms with Crippen LogP contribution in [0.1, 0.15) is 26.7 Å². The van der Waals surface area contributed by atoms with Crippen molar-refractivity contribution in [2.24, 2.45) is 0 Å². The third-order valence-electron chi connectivity index (χ3n) is 2.91. The van der Waals surface area contributed by atoms with Gasteiger partial charge in [0.25, 0.3) is 0 Å². The van der Waals surface area contributed by atoms with Crippen LogP contribution in [0.25, 0.3) is 0 Å². The number of nitrogens with zero attached hydrogens (tertiary/aromatic N) is 1. The van der Waals surface area contributed by atoms with Crippen molar-refractivity contribution in [3.8, 4) is 0 Å². The molecule has 0 aromatic carbocycles. The lowest BCUT2D eigenvalue weighted by Gasteiger charge is -2.35. The Morgan fingerprint density at radius 2 is 2.06 bits per heavy atom. The van der Waals surface area contributed by atoms with E-state index in [0.29, 0.717) is 18.7 Å². The maximum Gasteiger partial charge on any atom is 0.334 e. The first kappa shape index (κ1) is 13.2. The first-order chi connectivity index (χ1) is 7.44. The number of piperidine rings is 1. The van der Waals surface area contributed by atoms with Crippen LogP contribution in [0.4, 0.5) is 0 Å². The van der Waals surface area contributed by atoms with Crippen molar-refractivity contribution in [1.82, 2.24) is 4.90 Å². The Labute approximate surface area is 96.9 Å². The van der Waals surface area contributed by atoms with Crippen LogP contribution in [0.15, 0.2) is 12.2 Å². The van der Waals surface area contributed by atoms with Crippen LogP contribution in [0, 0.1) is 0 Å². The number of hydrogen-bond acceptors (Lipinski definition) is 4. The van der Waals surface area contributed by atoms with E-state index in [1.165, 1.54) is 0 Å². The smallest absolute Gasteiger partial charge is 0.334 e. The summed E-state index contributed by atoms with van der Waals surface area (Å²) in [5.74, 6) is -0.320. The second-order valence-corrected chi connectivity index (χ2v) is 4.60. The van der Waals surface area contributed by atoms with Crippen molar-refractivity contribution < 1.29 is 14.6 Å². The van der Waals surface area contributed by atoms with E-state index in [4.69, 9.17) is 4.74 Å². The zero-order valence-corrected chi connectivity index (χ0v) is 10.2. The number of likely N-dealkylation sites (tertiary alicyclic amines) is 1. The molecule has 1 heterocycles. The van der Waals surface area contributed by atoms with Gasteiger partial charge < -0.3 is 9.84 Å². The fraction of sp³-hybridized carbons (Fsp3) is 0.750. The number of rotatable bonds is 4. The lowest BCUT2D eigenvalue weighted by Crippen LogP contribution is -2.43. The van der Waals surface area contributed by atoms with E-state index < -0.39 is 5.60 Å². The zero-order chi connectivity index (χ0) is 12.2. The standard InChI is InChI=1S/C12H21NO3/c1-4-16-11(14)10(2)9-13-7-5-12(3,15)6-8-13/h15H,2,4-9H2,1,3H3. The number of carbonyl (C=O) groups excluding carboxylic acids is 1. The Balaban J connectivity index is 2.34. The molecule has 0 atom stereocenters. The van der Waals surface area contributed by atoms with E-state index in [9.17, 15) is 9.90 Å². The summed E-state index contributed by atoms with van der Waals surface area (Å²) in [5, 5.41) is 9.78. The van der Waals surface area contributed by atoms with Crippen molar-refractivity contribution >= 4 is 5.97 Å². The van der Waals surface area contributed by atoms with Crippen LogP contribution in [0.3, 0.4) is 0 Å². The van der Waals surface area contributed by atoms with Crippen molar-refractivity contribution in [3.63, 3.8) is 0 Å². The molecular formula is C12H21NO3. The molecule has 1 N–H and O–H groups in total. The van der Waals surface area contributed by atoms with Gasteiger partial charge in [-0.2, -0.15) is 0 Å². The predicted molar refractivity (Wildman–Crippen MR) is 62.1 cm³/mol. The third-order valence-corrected chi connectivity index (χ3v) is 2.91. The van der Waals surface area contributed by atoms with Crippen molar-refractivity contribution in [2.45, 2.75) is 32.3 Å². The minimum atomic E-state index is -0.554. The summed E-state index contributed by atoms with van der Waals surface area (Å²) in [6.07, 6.45) is 1.48. The largest absolute Gasteiger partial charge is 0.463 e. The predicted octanol–water partition coefficient (Wildman–Crippen LogP) is 0.953. The van der Waals surface area contributed by atoms with Crippen LogP contribution in [-0.4, -0.2) is 47.8 Å². The Morgan fingerprint density at radius 1 is 1.50 bits per heavy atom. The minimum absolute atomic E-state index is 0.320. The number of esters is 1. The Bertz CT molecular complexity index is 263. The number of aliphatic hydroxyl groups is 1. The van der Waals surface area contributed by atoms with Gasteiger partial charge in [0, 0.05) is 25.2 Å². The lowest BCUT2D eigenvalue weighted by molar-refractivity contribution is -0.138. The van der Waals surface area contributed by atoms with Crippen LogP contribution in [-0.2, 0) is 9.53 Å². The highest BCUT2D eigenvalue weighted by molar-refractivity contribution is 5.88. The molecule has 0 aromatic heterocycles. The molecule has 1 saturated heterocycles. The maximum atomic E-state index is 11.3. The molecule has 0 amide bonds. The molecule has 0 aliphatic carbocycles. The molecule has 16 heavy (non-hydrogen) atoms. The van der Waals surface area contributed by atoms with Crippen molar-refractivity contribution in [1.29, 1.82) is 0 Å². The highest BCUT2D eigenvalue weighted by Gasteiger charge is 2.27. The van der Waals surface area contributed by atoms with E-state index >= 15 is 0 Å². The van der Waals surface area contributed by atoms with Gasteiger partial charge in [-0.3, -0.25) is 4.90 Å². The molecule has 0 aromatic rings. The fourth-order valence-electron chi connectivity index (χ4n) is 1.76. The van der Waals surface area contributed by atoms with Gasteiger partial charge in [0.1, 0.15) is 0 Å². The third kappa shape index (κ3) is 3.94. The second kappa shape index (κ2) is 5.46. The Kier molecular flexibility index (Phi) is 4.50. The van der Waals surface area contributed by atoms with Gasteiger partial charge >= 0.3 is 5.97 Å². The molecule has 4 heteroatoms. The van der Waals surface area contributed by atoms with E-state index in [-0.39, 0.29) is 5.97 Å². The second-order valence-electron chi connectivity index (χ2n) is 4.60. The fourth-order valence-corrected chi connectivity index (χ4v) is 1.76. The molecule has 0 saturated carbocycles. The highest BCUT2D eigenvalue weighted by Crippen LogP contribution is 2.21. The molecule has 0 bridgehead atoms. The molecule has 1 aliphatic heterocycles. The molecule has 92 valence electrons. The lowest BCUT2D eigenvalue weighted by atomic mass is 9.93. The summed E-state index contributed by atoms with van der Waals surface area (Å²) in [5.41, 5.74) is -0.0646. The summed E-state index contributed by atoms with van der Waals surface area (Å²) in [7, 11) is 0. The van der Waals surface area contributed by atoms with E-state index in [1.54, 1.807) is 6.92 Å². The topological polar surface area (TPSA) is 49.8 Å². The summed E-state index contributed by atoms with van der Waals surface area (Å²) < 4.78 is 4.87. The van der Waals surface area contributed by atoms with Crippen molar-refractivity contribution in [2.75, 3.05) is 26.2 Å². The first-order valence-electron chi connectivity index (χ1n) is 5.74. The van der Waals surface area contributed by atoms with Gasteiger partial charge in [-0.05, 0) is 26.7 Å². The SMILES string of the molecule is C=C(CN1CCC(C)(O)CC1)C(=O)OCC. The first-order valence-corrected chi connectivity index (χ1v) is 5.74. The molecule has 4 nitrogen and oxygen atoms in total. The van der Waals surface area contributed by atoms with E-state index in [0.717, 1.165) is 25.9 Å². The van der Waals surface area contributed by atoms with Gasteiger partial charge in [0.05, 0.1) is 12.2 Å². The average Bonchev–Trinajstić information content (AvgIpc) is 2.21. The monoisotopic (exact) mass is 227 g/mol. The van der Waals surface area contributed by atoms with Gasteiger partial charge in [-0.15, -0.1) is 0 Å². The van der Waals surface area contributed by atoms with Crippen molar-refractivity contribution in [3.05, 3.63) is 12.2 Å². The molecule has 1 fully saturated rings. The van der Waals surface area contributed by atoms with Crippen LogP contribution >= 0.6 is 0 Å². The zero-order valence-electron chi connectivity index (χ0n) is 10.2. The molecular weight excluding hydrogens is 206 g/mol. The normalized spacial score (nSPS) is 20.4. The van der Waals surface area contributed by atoms with Gasteiger partial charge in [-0.25, -0.2) is 4.79 Å². The Morgan fingerprint density at radius 3 is 2.56 bits per heavy atom. The van der Waals surface area contributed by atoms with Crippen LogP contribution in [0.5, 0.6) is 0 Å². The number of carbonyl (C=O) groups is 1. The molecule has 1 rings (SSSR count). The van der Waals surface area contributed by atoms with Gasteiger partial charge in [0.2, 0.25) is 0 Å². The molecule has 1 aliphatic rings.